The van der Waals surface area contributed by atoms with E-state index in [9.17, 15) is 39.9 Å². The molecule has 3 fully saturated rings. The topological polar surface area (TPSA) is 143 Å². The van der Waals surface area contributed by atoms with Gasteiger partial charge in [-0.3, -0.25) is 9.78 Å². The molecule has 15 heteroatoms. The van der Waals surface area contributed by atoms with Gasteiger partial charge in [-0.2, -0.15) is 0 Å². The average molecular weight is 630 g/mol. The van der Waals surface area contributed by atoms with E-state index in [0.29, 0.717) is 18.6 Å². The van der Waals surface area contributed by atoms with E-state index < -0.39 is 65.9 Å². The number of nitrogens with zero attached hydrogens (tertiary/aromatic N) is 1. The number of hydrogen-bond acceptors (Lipinski definition) is 7. The Balaban J connectivity index is 1.30. The number of carbonyl (C=O) groups excluding carboxylic acids is 1. The minimum Gasteiger partial charge on any atom is -0.388 e. The number of hydrogen-bond donors (Lipinski definition) is 3. The number of aliphatic hydroxyl groups is 1. The Morgan fingerprint density at radius 2 is 1.68 bits per heavy atom. The molecule has 3 aliphatic rings. The fourth-order valence-corrected chi connectivity index (χ4v) is 8.92. The van der Waals surface area contributed by atoms with Crippen LogP contribution < -0.4 is 10.0 Å². The van der Waals surface area contributed by atoms with Crippen LogP contribution in [0.15, 0.2) is 64.6 Å². The summed E-state index contributed by atoms with van der Waals surface area (Å²) >= 11 is 6.20. The van der Waals surface area contributed by atoms with Crippen molar-refractivity contribution in [2.24, 2.45) is 11.8 Å². The molecule has 1 heterocycles. The van der Waals surface area contributed by atoms with Crippen LogP contribution in [0.3, 0.4) is 0 Å². The van der Waals surface area contributed by atoms with Crippen LogP contribution in [-0.4, -0.2) is 50.2 Å². The number of benzene rings is 2. The molecule has 2 aromatic carbocycles. The number of aromatic nitrogens is 1. The number of sulfone groups is 1. The van der Waals surface area contributed by atoms with Crippen LogP contribution in [0, 0.1) is 29.3 Å². The quantitative estimate of drug-likeness (QED) is 0.323. The fraction of sp³-hybridized carbons (Fsp3) is 0.308. The van der Waals surface area contributed by atoms with Gasteiger partial charge in [0, 0.05) is 42.3 Å². The van der Waals surface area contributed by atoms with Crippen molar-refractivity contribution in [3.63, 3.8) is 0 Å². The van der Waals surface area contributed by atoms with E-state index in [0.717, 1.165) is 6.07 Å². The summed E-state index contributed by atoms with van der Waals surface area (Å²) in [6, 6.07) is 7.44. The molecule has 2 bridgehead atoms. The van der Waals surface area contributed by atoms with Crippen LogP contribution in [0.5, 0.6) is 0 Å². The first-order valence-corrected chi connectivity index (χ1v) is 15.7. The van der Waals surface area contributed by atoms with Crippen LogP contribution >= 0.6 is 11.6 Å². The number of sulfonamides is 1. The largest absolute Gasteiger partial charge is 0.388 e. The minimum absolute atomic E-state index is 0.0326. The van der Waals surface area contributed by atoms with Gasteiger partial charge in [0.05, 0.1) is 20.8 Å². The lowest BCUT2D eigenvalue weighted by Crippen LogP contribution is -2.66. The van der Waals surface area contributed by atoms with Crippen LogP contribution in [0.4, 0.5) is 18.9 Å². The average Bonchev–Trinajstić information content (AvgIpc) is 2.95. The summed E-state index contributed by atoms with van der Waals surface area (Å²) in [5, 5.41) is 12.3. The van der Waals surface area contributed by atoms with Gasteiger partial charge in [0.25, 0.3) is 5.91 Å². The second kappa shape index (κ2) is 10.7. The highest BCUT2D eigenvalue weighted by Gasteiger charge is 2.60. The first kappa shape index (κ1) is 29.5. The number of carbonyl (C=O) groups is 1. The summed E-state index contributed by atoms with van der Waals surface area (Å²) in [7, 11) is -8.06. The molecule has 41 heavy (non-hydrogen) atoms. The first-order chi connectivity index (χ1) is 19.2. The molecule has 3 aromatic rings. The highest BCUT2D eigenvalue weighted by molar-refractivity contribution is 7.92. The summed E-state index contributed by atoms with van der Waals surface area (Å²) in [4.78, 5) is 16.1. The zero-order valence-corrected chi connectivity index (χ0v) is 23.4. The second-order valence-electron chi connectivity index (χ2n) is 10.1. The molecule has 0 aliphatic heterocycles. The van der Waals surface area contributed by atoms with Crippen molar-refractivity contribution in [3.8, 4) is 0 Å². The predicted molar refractivity (Wildman–Crippen MR) is 142 cm³/mol. The normalized spacial score (nSPS) is 24.0. The molecule has 3 N–H and O–H groups in total. The van der Waals surface area contributed by atoms with E-state index in [4.69, 9.17) is 11.6 Å². The molecule has 3 aliphatic carbocycles. The minimum atomic E-state index is -4.12. The lowest BCUT2D eigenvalue weighted by molar-refractivity contribution is -0.170. The molecular formula is C26H23ClF3N3O6S2. The molecular weight excluding hydrogens is 607 g/mol. The van der Waals surface area contributed by atoms with Crippen molar-refractivity contribution in [3.05, 3.63) is 82.9 Å². The molecule has 1 amide bonds. The maximum Gasteiger partial charge on any atom is 0.255 e. The molecule has 9 nitrogen and oxygen atoms in total. The van der Waals surface area contributed by atoms with Gasteiger partial charge in [-0.05, 0) is 61.4 Å². The molecule has 6 rings (SSSR count). The number of fused-ring (bicyclic) bond motifs is 2. The monoisotopic (exact) mass is 629 g/mol. The van der Waals surface area contributed by atoms with E-state index in [1.807, 2.05) is 0 Å². The van der Waals surface area contributed by atoms with Gasteiger partial charge in [-0.15, -0.1) is 0 Å². The number of rotatable bonds is 8. The lowest BCUT2D eigenvalue weighted by atomic mass is 9.54. The van der Waals surface area contributed by atoms with Crippen molar-refractivity contribution in [2.45, 2.75) is 39.9 Å². The van der Waals surface area contributed by atoms with E-state index in [1.54, 1.807) is 0 Å². The summed E-state index contributed by atoms with van der Waals surface area (Å²) < 4.78 is 95.0. The van der Waals surface area contributed by atoms with E-state index >= 15 is 0 Å². The lowest BCUT2D eigenvalue weighted by Gasteiger charge is -2.58. The number of pyridine rings is 1. The standard InChI is InChI=1S/C26H23ClF3N3O6S2/c27-20-4-3-14(25(34)33-17-10-21(28)24(30)22(29)11-17)6-23(20)40(36,37)19-8-15-7-16(9-19)26(15,35)13-32-41(38,39)18-2-1-5-31-12-18/h1-6,10-12,15-16,19,32,35H,7-9,13H2,(H,33,34). The van der Waals surface area contributed by atoms with Gasteiger partial charge in [-0.1, -0.05) is 11.6 Å². The van der Waals surface area contributed by atoms with E-state index in [2.05, 4.69) is 15.0 Å². The Morgan fingerprint density at radius 3 is 2.29 bits per heavy atom. The molecule has 2 atom stereocenters. The Kier molecular flexibility index (Phi) is 7.66. The molecule has 218 valence electrons. The maximum atomic E-state index is 13.6. The number of anilines is 1. The Morgan fingerprint density at radius 1 is 1.02 bits per heavy atom. The molecule has 0 saturated heterocycles. The van der Waals surface area contributed by atoms with Gasteiger partial charge < -0.3 is 10.4 Å². The number of nitrogens with one attached hydrogen (secondary N) is 2. The highest BCUT2D eigenvalue weighted by atomic mass is 35.5. The van der Waals surface area contributed by atoms with Crippen molar-refractivity contribution >= 4 is 43.1 Å². The third kappa shape index (κ3) is 5.46. The third-order valence-corrected chi connectivity index (χ3v) is 11.8. The van der Waals surface area contributed by atoms with Gasteiger partial charge in [0.1, 0.15) is 4.90 Å². The summed E-state index contributed by atoms with van der Waals surface area (Å²) in [5.41, 5.74) is -2.00. The summed E-state index contributed by atoms with van der Waals surface area (Å²) in [5.74, 6) is -6.66. The molecule has 2 unspecified atom stereocenters. The van der Waals surface area contributed by atoms with Crippen molar-refractivity contribution in [2.75, 3.05) is 11.9 Å². The molecule has 3 saturated carbocycles. The van der Waals surface area contributed by atoms with Crippen molar-refractivity contribution in [1.29, 1.82) is 0 Å². The van der Waals surface area contributed by atoms with Gasteiger partial charge in [-0.25, -0.2) is 34.7 Å². The molecule has 1 aromatic heterocycles. The number of halogens is 4. The van der Waals surface area contributed by atoms with Gasteiger partial charge >= 0.3 is 0 Å². The van der Waals surface area contributed by atoms with Crippen LogP contribution in [0.25, 0.3) is 0 Å². The SMILES string of the molecule is O=C(Nc1cc(F)c(F)c(F)c1)c1ccc(Cl)c(S(=O)(=O)C2CC3CC(C2)C3(O)CNS(=O)(=O)c2cccnc2)c1. The first-order valence-electron chi connectivity index (χ1n) is 12.3. The summed E-state index contributed by atoms with van der Waals surface area (Å²) in [6.07, 6.45) is 3.17. The highest BCUT2D eigenvalue weighted by Crippen LogP contribution is 2.55. The second-order valence-corrected chi connectivity index (χ2v) is 14.5. The Labute approximate surface area is 238 Å². The van der Waals surface area contributed by atoms with Crippen molar-refractivity contribution < 1.29 is 39.9 Å². The van der Waals surface area contributed by atoms with E-state index in [1.165, 1.54) is 36.7 Å². The zero-order valence-electron chi connectivity index (χ0n) is 21.0. The van der Waals surface area contributed by atoms with Gasteiger partial charge in [0.2, 0.25) is 10.0 Å². The maximum absolute atomic E-state index is 13.6. The third-order valence-electron chi connectivity index (χ3n) is 7.75. The zero-order chi connectivity index (χ0) is 29.7. The van der Waals surface area contributed by atoms with Gasteiger partial charge in [0.15, 0.2) is 27.3 Å². The van der Waals surface area contributed by atoms with Crippen LogP contribution in [-0.2, 0) is 19.9 Å². The molecule has 0 spiro atoms. The van der Waals surface area contributed by atoms with Crippen LogP contribution in [0.2, 0.25) is 5.02 Å². The van der Waals surface area contributed by atoms with Crippen LogP contribution in [0.1, 0.15) is 29.6 Å². The predicted octanol–water partition coefficient (Wildman–Crippen LogP) is 3.69. The fourth-order valence-electron chi connectivity index (χ4n) is 5.47. The molecule has 0 radical (unpaired) electrons. The Hall–Kier alpha value is -3.04. The number of amides is 1. The smallest absolute Gasteiger partial charge is 0.255 e. The summed E-state index contributed by atoms with van der Waals surface area (Å²) in [6.45, 7) is -0.298. The Bertz CT molecular complexity index is 1710. The van der Waals surface area contributed by atoms with E-state index in [-0.39, 0.29) is 45.5 Å². The van der Waals surface area contributed by atoms with Crippen molar-refractivity contribution in [1.82, 2.24) is 9.71 Å².